The lowest BCUT2D eigenvalue weighted by Gasteiger charge is -2.24. The summed E-state index contributed by atoms with van der Waals surface area (Å²) in [6, 6.07) is 6.54. The van der Waals surface area contributed by atoms with Crippen molar-refractivity contribution in [1.29, 1.82) is 0 Å². The number of aromatic nitrogens is 1. The Bertz CT molecular complexity index is 686. The fourth-order valence-electron chi connectivity index (χ4n) is 2.30. The predicted molar refractivity (Wildman–Crippen MR) is 91.4 cm³/mol. The van der Waals surface area contributed by atoms with Gasteiger partial charge in [-0.15, -0.1) is 0 Å². The number of nitrogens with zero attached hydrogens (tertiary/aromatic N) is 1. The number of hydrogen-bond acceptors (Lipinski definition) is 3. The van der Waals surface area contributed by atoms with Crippen LogP contribution >= 0.6 is 0 Å². The Kier molecular flexibility index (Phi) is 6.44. The van der Waals surface area contributed by atoms with E-state index < -0.39 is 11.6 Å². The zero-order valence-electron chi connectivity index (χ0n) is 14.4. The van der Waals surface area contributed by atoms with Gasteiger partial charge in [-0.2, -0.15) is 0 Å². The molecular formula is C19H22F2N2O2. The number of halogens is 2. The number of pyridine rings is 1. The molecule has 0 unspecified atom stereocenters. The fraction of sp³-hybridized carbons (Fsp3) is 0.368. The van der Waals surface area contributed by atoms with E-state index in [-0.39, 0.29) is 17.1 Å². The molecule has 1 heterocycles. The van der Waals surface area contributed by atoms with Gasteiger partial charge in [0.05, 0.1) is 12.2 Å². The van der Waals surface area contributed by atoms with Gasteiger partial charge >= 0.3 is 0 Å². The quantitative estimate of drug-likeness (QED) is 0.785. The summed E-state index contributed by atoms with van der Waals surface area (Å²) in [5.41, 5.74) is 0.436. The Morgan fingerprint density at radius 1 is 1.20 bits per heavy atom. The van der Waals surface area contributed by atoms with Crippen LogP contribution in [0.25, 0.3) is 0 Å². The highest BCUT2D eigenvalue weighted by molar-refractivity contribution is 5.93. The van der Waals surface area contributed by atoms with Gasteiger partial charge in [0, 0.05) is 37.1 Å². The molecule has 1 N–H and O–H groups in total. The molecule has 0 fully saturated rings. The second-order valence-electron chi connectivity index (χ2n) is 6.62. The number of rotatable bonds is 8. The highest BCUT2D eigenvalue weighted by Gasteiger charge is 2.18. The fourth-order valence-corrected chi connectivity index (χ4v) is 2.30. The summed E-state index contributed by atoms with van der Waals surface area (Å²) in [4.78, 5) is 15.9. The van der Waals surface area contributed by atoms with Gasteiger partial charge in [-0.05, 0) is 30.4 Å². The van der Waals surface area contributed by atoms with Crippen LogP contribution in [0.3, 0.4) is 0 Å². The highest BCUT2D eigenvalue weighted by atomic mass is 19.1. The highest BCUT2D eigenvalue weighted by Crippen LogP contribution is 2.25. The van der Waals surface area contributed by atoms with E-state index in [0.29, 0.717) is 25.1 Å². The molecule has 0 radical (unpaired) electrons. The van der Waals surface area contributed by atoms with Gasteiger partial charge < -0.3 is 10.1 Å². The van der Waals surface area contributed by atoms with Gasteiger partial charge in [-0.3, -0.25) is 9.78 Å². The van der Waals surface area contributed by atoms with E-state index in [4.69, 9.17) is 4.74 Å². The molecule has 0 aliphatic heterocycles. The normalized spacial score (nSPS) is 11.2. The number of nitrogens with one attached hydrogen (secondary N) is 1. The van der Waals surface area contributed by atoms with Crippen molar-refractivity contribution in [1.82, 2.24) is 10.3 Å². The van der Waals surface area contributed by atoms with E-state index in [1.165, 1.54) is 6.20 Å². The third-order valence-corrected chi connectivity index (χ3v) is 3.89. The Hall–Kier alpha value is -2.50. The summed E-state index contributed by atoms with van der Waals surface area (Å²) in [7, 11) is 0. The lowest BCUT2D eigenvalue weighted by molar-refractivity contribution is 0.0946. The van der Waals surface area contributed by atoms with E-state index in [9.17, 15) is 13.6 Å². The first-order valence-electron chi connectivity index (χ1n) is 8.13. The van der Waals surface area contributed by atoms with Crippen molar-refractivity contribution >= 4 is 5.91 Å². The van der Waals surface area contributed by atoms with Crippen molar-refractivity contribution in [2.75, 3.05) is 13.2 Å². The smallest absolute Gasteiger partial charge is 0.252 e. The number of benzene rings is 1. The van der Waals surface area contributed by atoms with E-state index >= 15 is 0 Å². The van der Waals surface area contributed by atoms with Gasteiger partial charge in [0.25, 0.3) is 5.91 Å². The van der Waals surface area contributed by atoms with E-state index in [1.54, 1.807) is 18.3 Å². The maximum Gasteiger partial charge on any atom is 0.252 e. The Morgan fingerprint density at radius 3 is 2.56 bits per heavy atom. The molecule has 0 spiro atoms. The van der Waals surface area contributed by atoms with Crippen molar-refractivity contribution < 1.29 is 18.3 Å². The first-order valence-corrected chi connectivity index (χ1v) is 8.13. The van der Waals surface area contributed by atoms with Crippen molar-refractivity contribution in [3.05, 3.63) is 59.9 Å². The Labute approximate surface area is 146 Å². The number of amides is 1. The molecule has 1 aromatic carbocycles. The minimum atomic E-state index is -0.660. The average Bonchev–Trinajstić information content (AvgIpc) is 2.54. The van der Waals surface area contributed by atoms with Crippen LogP contribution < -0.4 is 10.1 Å². The van der Waals surface area contributed by atoms with Crippen molar-refractivity contribution in [3.8, 4) is 5.75 Å². The molecule has 0 aliphatic carbocycles. The first-order chi connectivity index (χ1) is 11.9. The summed E-state index contributed by atoms with van der Waals surface area (Å²) in [5, 5.41) is 2.86. The topological polar surface area (TPSA) is 51.2 Å². The number of ether oxygens (including phenoxy) is 1. The summed E-state index contributed by atoms with van der Waals surface area (Å²) in [6.45, 7) is 4.97. The van der Waals surface area contributed by atoms with Crippen molar-refractivity contribution in [3.63, 3.8) is 0 Å². The predicted octanol–water partition coefficient (Wildman–Crippen LogP) is 3.98. The van der Waals surface area contributed by atoms with Gasteiger partial charge in [-0.25, -0.2) is 8.78 Å². The summed E-state index contributed by atoms with van der Waals surface area (Å²) < 4.78 is 31.6. The van der Waals surface area contributed by atoms with Crippen molar-refractivity contribution in [2.45, 2.75) is 26.7 Å². The second-order valence-corrected chi connectivity index (χ2v) is 6.62. The molecule has 0 atom stereocenters. The minimum Gasteiger partial charge on any atom is -0.493 e. The summed E-state index contributed by atoms with van der Waals surface area (Å²) in [5.74, 6) is -1.30. The molecular weight excluding hydrogens is 326 g/mol. The molecule has 2 aromatic rings. The molecule has 2 rings (SSSR count). The largest absolute Gasteiger partial charge is 0.493 e. The van der Waals surface area contributed by atoms with Crippen LogP contribution in [0.1, 0.15) is 37.0 Å². The zero-order valence-corrected chi connectivity index (χ0v) is 14.4. The maximum atomic E-state index is 13.1. The molecule has 0 saturated heterocycles. The van der Waals surface area contributed by atoms with Gasteiger partial charge in [0.1, 0.15) is 17.4 Å². The third kappa shape index (κ3) is 6.49. The molecule has 25 heavy (non-hydrogen) atoms. The van der Waals surface area contributed by atoms with Gasteiger partial charge in [0.2, 0.25) is 0 Å². The molecule has 4 nitrogen and oxygen atoms in total. The van der Waals surface area contributed by atoms with Crippen LogP contribution in [-0.2, 0) is 0 Å². The molecule has 1 amide bonds. The third-order valence-electron chi connectivity index (χ3n) is 3.89. The monoisotopic (exact) mass is 348 g/mol. The Morgan fingerprint density at radius 2 is 1.92 bits per heavy atom. The number of hydrogen-bond donors (Lipinski definition) is 1. The molecule has 0 bridgehead atoms. The van der Waals surface area contributed by atoms with Crippen LogP contribution in [0.15, 0.2) is 42.7 Å². The standard InChI is InChI=1S/C19H22F2N2O2/c1-19(2,5-8-23-18(24)14-4-3-7-22-13-14)6-9-25-17-11-15(20)10-16(21)12-17/h3-4,7,10-13H,5-6,8-9H2,1-2H3,(H,23,24). The lowest BCUT2D eigenvalue weighted by atomic mass is 9.86. The van der Waals surface area contributed by atoms with E-state index in [1.807, 2.05) is 0 Å². The average molecular weight is 348 g/mol. The van der Waals surface area contributed by atoms with Crippen LogP contribution in [0, 0.1) is 17.0 Å². The molecule has 6 heteroatoms. The van der Waals surface area contributed by atoms with E-state index in [0.717, 1.165) is 24.6 Å². The zero-order chi connectivity index (χ0) is 18.3. The first kappa shape index (κ1) is 18.8. The van der Waals surface area contributed by atoms with Crippen LogP contribution in [0.5, 0.6) is 5.75 Å². The Balaban J connectivity index is 1.73. The SMILES string of the molecule is CC(C)(CCNC(=O)c1cccnc1)CCOc1cc(F)cc(F)c1. The number of carbonyl (C=O) groups is 1. The summed E-state index contributed by atoms with van der Waals surface area (Å²) in [6.07, 6.45) is 4.57. The second kappa shape index (κ2) is 8.55. The lowest BCUT2D eigenvalue weighted by Crippen LogP contribution is -2.28. The van der Waals surface area contributed by atoms with E-state index in [2.05, 4.69) is 24.1 Å². The van der Waals surface area contributed by atoms with Gasteiger partial charge in [0.15, 0.2) is 0 Å². The molecule has 0 aliphatic rings. The van der Waals surface area contributed by atoms with Gasteiger partial charge in [-0.1, -0.05) is 13.8 Å². The van der Waals surface area contributed by atoms with Crippen LogP contribution in [-0.4, -0.2) is 24.0 Å². The molecule has 1 aromatic heterocycles. The maximum absolute atomic E-state index is 13.1. The van der Waals surface area contributed by atoms with Crippen LogP contribution in [0.4, 0.5) is 8.78 Å². The molecule has 0 saturated carbocycles. The van der Waals surface area contributed by atoms with Crippen molar-refractivity contribution in [2.24, 2.45) is 5.41 Å². The van der Waals surface area contributed by atoms with Crippen LogP contribution in [0.2, 0.25) is 0 Å². The minimum absolute atomic E-state index is 0.0892. The number of carbonyl (C=O) groups excluding carboxylic acids is 1. The molecule has 134 valence electrons. The summed E-state index contributed by atoms with van der Waals surface area (Å²) >= 11 is 0.